The first kappa shape index (κ1) is 10.7. The van der Waals surface area contributed by atoms with Gasteiger partial charge in [-0.2, -0.15) is 0 Å². The molecule has 0 amide bonds. The molecule has 2 aliphatic rings. The van der Waals surface area contributed by atoms with Gasteiger partial charge in [0.2, 0.25) is 0 Å². The van der Waals surface area contributed by atoms with Crippen molar-refractivity contribution in [2.24, 2.45) is 5.92 Å². The average molecular weight is 235 g/mol. The fourth-order valence-corrected chi connectivity index (χ4v) is 2.76. The van der Waals surface area contributed by atoms with Gasteiger partial charge in [0.05, 0.1) is 5.69 Å². The second-order valence-corrected chi connectivity index (χ2v) is 5.24. The van der Waals surface area contributed by atoms with Crippen LogP contribution in [0, 0.1) is 5.92 Å². The molecule has 17 heavy (non-hydrogen) atoms. The fraction of sp³-hybridized carbons (Fsp3) is 0.750. The molecule has 0 radical (unpaired) electrons. The van der Waals surface area contributed by atoms with Crippen molar-refractivity contribution >= 4 is 5.97 Å². The van der Waals surface area contributed by atoms with Crippen molar-refractivity contribution in [1.82, 2.24) is 15.0 Å². The highest BCUT2D eigenvalue weighted by molar-refractivity contribution is 5.86. The van der Waals surface area contributed by atoms with E-state index in [-0.39, 0.29) is 5.69 Å². The number of carboxylic acids is 1. The lowest BCUT2D eigenvalue weighted by Gasteiger charge is -2.12. The van der Waals surface area contributed by atoms with Crippen LogP contribution in [0.5, 0.6) is 0 Å². The third-order valence-corrected chi connectivity index (χ3v) is 3.85. The van der Waals surface area contributed by atoms with Crippen LogP contribution in [-0.2, 0) is 6.54 Å². The highest BCUT2D eigenvalue weighted by atomic mass is 16.4. The number of carboxylic acid groups (broad SMARTS) is 1. The minimum Gasteiger partial charge on any atom is -0.476 e. The molecular formula is C12H17N3O2. The van der Waals surface area contributed by atoms with Crippen LogP contribution in [0.2, 0.25) is 0 Å². The standard InChI is InChI=1S/C12H17N3O2/c16-12(17)10-11(9-3-1-2-4-9)15(14-13-10)7-8-5-6-8/h8-9H,1-7H2,(H,16,17). The molecule has 0 aliphatic heterocycles. The molecule has 0 bridgehead atoms. The van der Waals surface area contributed by atoms with Gasteiger partial charge in [0.25, 0.3) is 0 Å². The quantitative estimate of drug-likeness (QED) is 0.867. The van der Waals surface area contributed by atoms with Gasteiger partial charge in [-0.3, -0.25) is 0 Å². The third-order valence-electron chi connectivity index (χ3n) is 3.85. The van der Waals surface area contributed by atoms with Gasteiger partial charge >= 0.3 is 5.97 Å². The topological polar surface area (TPSA) is 68.0 Å². The minimum atomic E-state index is -0.936. The molecule has 2 fully saturated rings. The van der Waals surface area contributed by atoms with Crippen LogP contribution in [0.3, 0.4) is 0 Å². The van der Waals surface area contributed by atoms with Crippen LogP contribution in [-0.4, -0.2) is 26.1 Å². The van der Waals surface area contributed by atoms with Crippen molar-refractivity contribution < 1.29 is 9.90 Å². The van der Waals surface area contributed by atoms with Gasteiger partial charge in [0.1, 0.15) is 0 Å². The first-order valence-corrected chi connectivity index (χ1v) is 6.42. The maximum Gasteiger partial charge on any atom is 0.358 e. The number of aromatic carboxylic acids is 1. The molecule has 1 aromatic heterocycles. The van der Waals surface area contributed by atoms with Crippen LogP contribution in [0.4, 0.5) is 0 Å². The summed E-state index contributed by atoms with van der Waals surface area (Å²) in [6, 6.07) is 0. The maximum atomic E-state index is 11.2. The molecule has 92 valence electrons. The molecule has 1 aromatic rings. The maximum absolute atomic E-state index is 11.2. The van der Waals surface area contributed by atoms with Crippen molar-refractivity contribution in [1.29, 1.82) is 0 Å². The van der Waals surface area contributed by atoms with Gasteiger partial charge in [0.15, 0.2) is 5.69 Å². The number of carbonyl (C=O) groups is 1. The van der Waals surface area contributed by atoms with Crippen molar-refractivity contribution in [2.75, 3.05) is 0 Å². The zero-order chi connectivity index (χ0) is 11.8. The molecule has 0 spiro atoms. The fourth-order valence-electron chi connectivity index (χ4n) is 2.76. The lowest BCUT2D eigenvalue weighted by molar-refractivity contribution is 0.0688. The van der Waals surface area contributed by atoms with Crippen LogP contribution in [0.1, 0.15) is 60.6 Å². The Balaban J connectivity index is 1.93. The summed E-state index contributed by atoms with van der Waals surface area (Å²) in [6.07, 6.45) is 7.03. The van der Waals surface area contributed by atoms with Crippen LogP contribution >= 0.6 is 0 Å². The summed E-state index contributed by atoms with van der Waals surface area (Å²) in [7, 11) is 0. The van der Waals surface area contributed by atoms with Gasteiger partial charge in [-0.15, -0.1) is 5.10 Å². The zero-order valence-corrected chi connectivity index (χ0v) is 9.80. The highest BCUT2D eigenvalue weighted by Crippen LogP contribution is 2.37. The van der Waals surface area contributed by atoms with Crippen molar-refractivity contribution in [3.63, 3.8) is 0 Å². The van der Waals surface area contributed by atoms with Crippen molar-refractivity contribution in [2.45, 2.75) is 51.0 Å². The average Bonchev–Trinajstić information content (AvgIpc) is 2.80. The van der Waals surface area contributed by atoms with Crippen LogP contribution < -0.4 is 0 Å². The van der Waals surface area contributed by atoms with E-state index >= 15 is 0 Å². The number of hydrogen-bond acceptors (Lipinski definition) is 3. The Labute approximate surface area is 99.8 Å². The van der Waals surface area contributed by atoms with Crippen LogP contribution in [0.15, 0.2) is 0 Å². The predicted molar refractivity (Wildman–Crippen MR) is 60.9 cm³/mol. The lowest BCUT2D eigenvalue weighted by atomic mass is 10.0. The van der Waals surface area contributed by atoms with E-state index in [1.807, 2.05) is 4.68 Å². The second kappa shape index (κ2) is 4.13. The Morgan fingerprint density at radius 2 is 2.00 bits per heavy atom. The van der Waals surface area contributed by atoms with Gasteiger partial charge in [-0.05, 0) is 31.6 Å². The zero-order valence-electron chi connectivity index (χ0n) is 9.80. The van der Waals surface area contributed by atoms with E-state index in [9.17, 15) is 9.90 Å². The smallest absolute Gasteiger partial charge is 0.358 e. The van der Waals surface area contributed by atoms with Crippen molar-refractivity contribution in [3.05, 3.63) is 11.4 Å². The Morgan fingerprint density at radius 1 is 1.29 bits per heavy atom. The molecule has 0 saturated heterocycles. The molecule has 3 rings (SSSR count). The molecule has 5 heteroatoms. The summed E-state index contributed by atoms with van der Waals surface area (Å²) in [5.41, 5.74) is 1.06. The Morgan fingerprint density at radius 3 is 2.59 bits per heavy atom. The first-order valence-electron chi connectivity index (χ1n) is 6.42. The largest absolute Gasteiger partial charge is 0.476 e. The van der Waals surface area contributed by atoms with E-state index < -0.39 is 5.97 Å². The summed E-state index contributed by atoms with van der Waals surface area (Å²) in [4.78, 5) is 11.2. The molecule has 2 saturated carbocycles. The summed E-state index contributed by atoms with van der Waals surface area (Å²) in [6.45, 7) is 0.853. The third kappa shape index (κ3) is 2.06. The van der Waals surface area contributed by atoms with Crippen LogP contribution in [0.25, 0.3) is 0 Å². The Kier molecular flexibility index (Phi) is 2.61. The minimum absolute atomic E-state index is 0.178. The molecule has 5 nitrogen and oxygen atoms in total. The second-order valence-electron chi connectivity index (χ2n) is 5.24. The number of hydrogen-bond donors (Lipinski definition) is 1. The van der Waals surface area contributed by atoms with E-state index in [1.165, 1.54) is 25.7 Å². The van der Waals surface area contributed by atoms with E-state index in [0.29, 0.717) is 11.8 Å². The molecule has 0 unspecified atom stereocenters. The first-order chi connectivity index (χ1) is 8.25. The lowest BCUT2D eigenvalue weighted by Crippen LogP contribution is -2.12. The van der Waals surface area contributed by atoms with Gasteiger partial charge in [0, 0.05) is 12.5 Å². The van der Waals surface area contributed by atoms with E-state index in [4.69, 9.17) is 0 Å². The molecular weight excluding hydrogens is 218 g/mol. The SMILES string of the molecule is O=C(O)c1nnn(CC2CC2)c1C1CCCC1. The van der Waals surface area contributed by atoms with Gasteiger partial charge < -0.3 is 5.11 Å². The number of nitrogens with zero attached hydrogens (tertiary/aromatic N) is 3. The Hall–Kier alpha value is -1.39. The molecule has 1 heterocycles. The summed E-state index contributed by atoms with van der Waals surface area (Å²) < 4.78 is 1.86. The predicted octanol–water partition coefficient (Wildman–Crippen LogP) is 2.04. The number of rotatable bonds is 4. The molecule has 1 N–H and O–H groups in total. The summed E-state index contributed by atoms with van der Waals surface area (Å²) >= 11 is 0. The molecule has 0 aromatic carbocycles. The Bertz CT molecular complexity index is 431. The van der Waals surface area contributed by atoms with E-state index in [1.54, 1.807) is 0 Å². The van der Waals surface area contributed by atoms with Crippen molar-refractivity contribution in [3.8, 4) is 0 Å². The van der Waals surface area contributed by atoms with E-state index in [2.05, 4.69) is 10.3 Å². The molecule has 2 aliphatic carbocycles. The summed E-state index contributed by atoms with van der Waals surface area (Å²) in [5.74, 6) is 0.113. The summed E-state index contributed by atoms with van der Waals surface area (Å²) in [5, 5.41) is 17.1. The van der Waals surface area contributed by atoms with E-state index in [0.717, 1.165) is 25.1 Å². The number of aromatic nitrogens is 3. The monoisotopic (exact) mass is 235 g/mol. The molecule has 0 atom stereocenters. The van der Waals surface area contributed by atoms with Gasteiger partial charge in [-0.25, -0.2) is 9.48 Å². The van der Waals surface area contributed by atoms with Gasteiger partial charge in [-0.1, -0.05) is 18.1 Å². The normalized spacial score (nSPS) is 20.9. The highest BCUT2D eigenvalue weighted by Gasteiger charge is 2.31.